The van der Waals surface area contributed by atoms with Gasteiger partial charge < -0.3 is 9.30 Å². The Morgan fingerprint density at radius 2 is 1.90 bits per heavy atom. The van der Waals surface area contributed by atoms with Crippen LogP contribution in [0.5, 0.6) is 0 Å². The summed E-state index contributed by atoms with van der Waals surface area (Å²) in [6.45, 7) is 5.55. The zero-order valence-electron chi connectivity index (χ0n) is 18.8. The Hall–Kier alpha value is -2.07. The van der Waals surface area contributed by atoms with Crippen molar-refractivity contribution in [1.29, 1.82) is 0 Å². The van der Waals surface area contributed by atoms with Crippen molar-refractivity contribution < 1.29 is 14.3 Å². The van der Waals surface area contributed by atoms with Crippen LogP contribution >= 0.6 is 11.6 Å². The zero-order valence-corrected chi connectivity index (χ0v) is 19.5. The minimum atomic E-state index is -0.291. The topological polar surface area (TPSA) is 48.3 Å². The smallest absolute Gasteiger partial charge is 0.314 e. The molecule has 1 aromatic carbocycles. The van der Waals surface area contributed by atoms with Gasteiger partial charge in [0.15, 0.2) is 0 Å². The van der Waals surface area contributed by atoms with Gasteiger partial charge in [0, 0.05) is 22.8 Å². The molecule has 4 nitrogen and oxygen atoms in total. The number of ether oxygens (including phenoxy) is 1. The van der Waals surface area contributed by atoms with Crippen molar-refractivity contribution in [2.75, 3.05) is 6.61 Å². The molecule has 168 valence electrons. The third-order valence-corrected chi connectivity index (χ3v) is 6.30. The van der Waals surface area contributed by atoms with E-state index in [2.05, 4.69) is 24.5 Å². The van der Waals surface area contributed by atoms with Crippen LogP contribution in [0.25, 0.3) is 0 Å². The molecule has 2 heterocycles. The van der Waals surface area contributed by atoms with Crippen LogP contribution in [0.3, 0.4) is 0 Å². The summed E-state index contributed by atoms with van der Waals surface area (Å²) in [5.74, 6) is -0.464. The Bertz CT molecular complexity index is 902. The summed E-state index contributed by atoms with van der Waals surface area (Å²) < 4.78 is 7.69. The van der Waals surface area contributed by atoms with E-state index in [4.69, 9.17) is 16.3 Å². The van der Waals surface area contributed by atoms with Crippen molar-refractivity contribution >= 4 is 23.4 Å². The van der Waals surface area contributed by atoms with Crippen LogP contribution in [0.2, 0.25) is 5.02 Å². The molecule has 0 saturated carbocycles. The highest BCUT2D eigenvalue weighted by Gasteiger charge is 2.33. The number of halogens is 1. The van der Waals surface area contributed by atoms with Gasteiger partial charge in [0.05, 0.1) is 18.2 Å². The Morgan fingerprint density at radius 3 is 2.65 bits per heavy atom. The van der Waals surface area contributed by atoms with Gasteiger partial charge in [-0.05, 0) is 55.9 Å². The molecule has 0 aliphatic carbocycles. The van der Waals surface area contributed by atoms with Crippen LogP contribution in [0.1, 0.15) is 98.4 Å². The second-order valence-electron chi connectivity index (χ2n) is 8.46. The predicted molar refractivity (Wildman–Crippen MR) is 125 cm³/mol. The molecule has 0 amide bonds. The van der Waals surface area contributed by atoms with Gasteiger partial charge in [0.1, 0.15) is 0 Å². The fourth-order valence-electron chi connectivity index (χ4n) is 4.39. The van der Waals surface area contributed by atoms with E-state index in [9.17, 15) is 9.59 Å². The highest BCUT2D eigenvalue weighted by molar-refractivity contribution is 6.31. The molecule has 0 bridgehead atoms. The summed E-state index contributed by atoms with van der Waals surface area (Å²) >= 11 is 6.14. The number of hydrogen-bond acceptors (Lipinski definition) is 3. The Labute approximate surface area is 190 Å². The number of aryl methyl sites for hydroxylation is 1. The number of esters is 1. The quantitative estimate of drug-likeness (QED) is 0.220. The van der Waals surface area contributed by atoms with Gasteiger partial charge in [-0.3, -0.25) is 9.59 Å². The molecule has 1 aliphatic rings. The standard InChI is InChI=1S/C26H34ClNO3/c1-3-5-7-8-16-31-26(30)22-14-10-15-28-23(22)18-19(11-6-4-2)24(28)25(29)20-12-9-13-21(27)17-20/h9,12-13,17-18,22H,3-8,10-11,14-16H2,1-2H3. The maximum absolute atomic E-state index is 13.5. The molecule has 0 radical (unpaired) electrons. The van der Waals surface area contributed by atoms with Crippen molar-refractivity contribution in [3.8, 4) is 0 Å². The lowest BCUT2D eigenvalue weighted by Crippen LogP contribution is -2.26. The number of nitrogens with zero attached hydrogens (tertiary/aromatic N) is 1. The lowest BCUT2D eigenvalue weighted by molar-refractivity contribution is -0.146. The van der Waals surface area contributed by atoms with Crippen LogP contribution in [0.4, 0.5) is 0 Å². The third kappa shape index (κ3) is 5.79. The molecular weight excluding hydrogens is 410 g/mol. The van der Waals surface area contributed by atoms with E-state index in [1.54, 1.807) is 18.2 Å². The lowest BCUT2D eigenvalue weighted by atomic mass is 9.96. The number of ketones is 1. The number of carbonyl (C=O) groups is 2. The van der Waals surface area contributed by atoms with E-state index in [1.165, 1.54) is 6.42 Å². The average Bonchev–Trinajstić information content (AvgIpc) is 3.15. The van der Waals surface area contributed by atoms with E-state index < -0.39 is 0 Å². The first-order valence-corrected chi connectivity index (χ1v) is 12.1. The Morgan fingerprint density at radius 1 is 1.10 bits per heavy atom. The molecule has 2 aromatic rings. The van der Waals surface area contributed by atoms with Gasteiger partial charge in [-0.25, -0.2) is 0 Å². The van der Waals surface area contributed by atoms with E-state index in [0.29, 0.717) is 22.9 Å². The third-order valence-electron chi connectivity index (χ3n) is 6.07. The van der Waals surface area contributed by atoms with Gasteiger partial charge in [-0.2, -0.15) is 0 Å². The second-order valence-corrected chi connectivity index (χ2v) is 8.90. The monoisotopic (exact) mass is 443 g/mol. The molecule has 1 aliphatic heterocycles. The highest BCUT2D eigenvalue weighted by Crippen LogP contribution is 2.34. The Kier molecular flexibility index (Phi) is 8.77. The minimum absolute atomic E-state index is 0.0200. The zero-order chi connectivity index (χ0) is 22.2. The highest BCUT2D eigenvalue weighted by atomic mass is 35.5. The second kappa shape index (κ2) is 11.5. The summed E-state index contributed by atoms with van der Waals surface area (Å²) in [6.07, 6.45) is 8.85. The van der Waals surface area contributed by atoms with Gasteiger partial charge in [0.2, 0.25) is 5.78 Å². The van der Waals surface area contributed by atoms with Gasteiger partial charge in [-0.15, -0.1) is 0 Å². The lowest BCUT2D eigenvalue weighted by Gasteiger charge is -2.25. The van der Waals surface area contributed by atoms with Crippen LogP contribution < -0.4 is 0 Å². The van der Waals surface area contributed by atoms with Crippen molar-refractivity contribution in [2.24, 2.45) is 0 Å². The van der Waals surface area contributed by atoms with Crippen LogP contribution in [0.15, 0.2) is 30.3 Å². The van der Waals surface area contributed by atoms with Gasteiger partial charge in [-0.1, -0.05) is 63.3 Å². The van der Waals surface area contributed by atoms with Crippen LogP contribution in [0, 0.1) is 0 Å². The molecule has 1 aromatic heterocycles. The molecule has 0 spiro atoms. The summed E-state index contributed by atoms with van der Waals surface area (Å²) in [5.41, 5.74) is 3.27. The first-order valence-electron chi connectivity index (χ1n) is 11.8. The normalized spacial score (nSPS) is 15.5. The summed E-state index contributed by atoms with van der Waals surface area (Å²) in [5, 5.41) is 0.552. The maximum atomic E-state index is 13.5. The van der Waals surface area contributed by atoms with Crippen molar-refractivity contribution in [1.82, 2.24) is 4.57 Å². The average molecular weight is 444 g/mol. The van der Waals surface area contributed by atoms with Gasteiger partial charge >= 0.3 is 5.97 Å². The fourth-order valence-corrected chi connectivity index (χ4v) is 4.58. The van der Waals surface area contributed by atoms with Crippen molar-refractivity contribution in [3.63, 3.8) is 0 Å². The SMILES string of the molecule is CCCCCCOC(=O)C1CCCn2c1cc(CCCC)c2C(=O)c1cccc(Cl)c1. The number of unbranched alkanes of at least 4 members (excludes halogenated alkanes) is 4. The number of aromatic nitrogens is 1. The van der Waals surface area contributed by atoms with E-state index in [-0.39, 0.29) is 17.7 Å². The Balaban J connectivity index is 1.87. The molecule has 0 N–H and O–H groups in total. The fraction of sp³-hybridized carbons (Fsp3) is 0.538. The number of benzene rings is 1. The molecule has 0 fully saturated rings. The number of fused-ring (bicyclic) bond motifs is 1. The molecule has 5 heteroatoms. The van der Waals surface area contributed by atoms with Crippen LogP contribution in [-0.4, -0.2) is 22.9 Å². The number of carbonyl (C=O) groups excluding carboxylic acids is 2. The molecule has 1 atom stereocenters. The van der Waals surface area contributed by atoms with Crippen molar-refractivity contribution in [2.45, 2.75) is 84.1 Å². The molecular formula is C26H34ClNO3. The molecule has 0 saturated heterocycles. The minimum Gasteiger partial charge on any atom is -0.465 e. The molecule has 3 rings (SSSR count). The van der Waals surface area contributed by atoms with E-state index in [1.807, 2.05) is 6.07 Å². The summed E-state index contributed by atoms with van der Waals surface area (Å²) in [6, 6.07) is 9.19. The summed E-state index contributed by atoms with van der Waals surface area (Å²) in [4.78, 5) is 26.3. The van der Waals surface area contributed by atoms with Crippen LogP contribution in [-0.2, 0) is 22.5 Å². The first kappa shape index (κ1) is 23.6. The van der Waals surface area contributed by atoms with Crippen molar-refractivity contribution in [3.05, 3.63) is 57.9 Å². The predicted octanol–water partition coefficient (Wildman–Crippen LogP) is 6.72. The number of hydrogen-bond donors (Lipinski definition) is 0. The summed E-state index contributed by atoms with van der Waals surface area (Å²) in [7, 11) is 0. The number of rotatable bonds is 11. The van der Waals surface area contributed by atoms with E-state index >= 15 is 0 Å². The molecule has 1 unspecified atom stereocenters. The van der Waals surface area contributed by atoms with Gasteiger partial charge in [0.25, 0.3) is 0 Å². The van der Waals surface area contributed by atoms with E-state index in [0.717, 1.165) is 69.2 Å². The molecule has 31 heavy (non-hydrogen) atoms. The first-order chi connectivity index (χ1) is 15.1. The maximum Gasteiger partial charge on any atom is 0.314 e. The largest absolute Gasteiger partial charge is 0.465 e.